The van der Waals surface area contributed by atoms with E-state index in [1.807, 2.05) is 42.5 Å². The third kappa shape index (κ3) is 3.55. The van der Waals surface area contributed by atoms with Crippen molar-refractivity contribution in [1.82, 2.24) is 14.8 Å². The maximum absolute atomic E-state index is 13.9. The number of halogens is 1. The van der Waals surface area contributed by atoms with E-state index in [2.05, 4.69) is 4.98 Å². The number of ether oxygens (including phenoxy) is 2. The summed E-state index contributed by atoms with van der Waals surface area (Å²) in [5, 5.41) is 1.05. The normalized spacial score (nSPS) is 20.7. The summed E-state index contributed by atoms with van der Waals surface area (Å²) in [5.74, 6) is 0.735. The first-order valence-electron chi connectivity index (χ1n) is 12.4. The summed E-state index contributed by atoms with van der Waals surface area (Å²) >= 11 is 0. The number of para-hydroxylation sites is 1. The van der Waals surface area contributed by atoms with Gasteiger partial charge in [-0.1, -0.05) is 36.4 Å². The van der Waals surface area contributed by atoms with Gasteiger partial charge in [-0.25, -0.2) is 4.39 Å². The highest BCUT2D eigenvalue weighted by Crippen LogP contribution is 2.44. The number of carbonyl (C=O) groups excluding carboxylic acids is 2. The highest BCUT2D eigenvalue weighted by atomic mass is 19.1. The number of hydrogen-bond donors (Lipinski definition) is 1. The number of rotatable bonds is 3. The van der Waals surface area contributed by atoms with Gasteiger partial charge in [-0.2, -0.15) is 0 Å². The molecule has 4 heterocycles. The van der Waals surface area contributed by atoms with Crippen LogP contribution in [0.25, 0.3) is 10.9 Å². The number of nitrogens with zero attached hydrogens (tertiary/aromatic N) is 2. The maximum Gasteiger partial charge on any atom is 0.246 e. The molecule has 7 rings (SSSR count). The molecule has 0 saturated carbocycles. The Bertz CT molecular complexity index is 1550. The molecule has 3 aromatic carbocycles. The minimum atomic E-state index is -0.647. The lowest BCUT2D eigenvalue weighted by Gasteiger charge is -2.47. The van der Waals surface area contributed by atoms with Crippen LogP contribution in [-0.4, -0.2) is 52.4 Å². The fourth-order valence-electron chi connectivity index (χ4n) is 5.84. The van der Waals surface area contributed by atoms with Crippen LogP contribution in [0.1, 0.15) is 28.4 Å². The van der Waals surface area contributed by atoms with Gasteiger partial charge in [-0.3, -0.25) is 9.59 Å². The number of piperazine rings is 1. The lowest BCUT2D eigenvalue weighted by Crippen LogP contribution is -2.62. The second kappa shape index (κ2) is 8.37. The van der Waals surface area contributed by atoms with E-state index in [1.165, 1.54) is 12.1 Å². The van der Waals surface area contributed by atoms with Crippen molar-refractivity contribution in [2.24, 2.45) is 0 Å². The van der Waals surface area contributed by atoms with Gasteiger partial charge in [0.2, 0.25) is 11.8 Å². The van der Waals surface area contributed by atoms with Crippen LogP contribution in [0.2, 0.25) is 0 Å². The van der Waals surface area contributed by atoms with E-state index < -0.39 is 12.1 Å². The van der Waals surface area contributed by atoms with Gasteiger partial charge in [0.25, 0.3) is 0 Å². The van der Waals surface area contributed by atoms with E-state index in [0.717, 1.165) is 33.3 Å². The molecule has 4 aromatic rings. The number of amides is 2. The number of nitrogens with one attached hydrogen (secondary N) is 1. The molecule has 3 aliphatic rings. The number of carbonyl (C=O) groups is 2. The number of aromatic nitrogens is 1. The summed E-state index contributed by atoms with van der Waals surface area (Å²) in [5.41, 5.74) is 4.57. The molecule has 37 heavy (non-hydrogen) atoms. The molecule has 0 bridgehead atoms. The van der Waals surface area contributed by atoms with E-state index in [1.54, 1.807) is 21.9 Å². The molecule has 1 aromatic heterocycles. The van der Waals surface area contributed by atoms with Crippen molar-refractivity contribution in [2.75, 3.05) is 19.8 Å². The predicted molar refractivity (Wildman–Crippen MR) is 134 cm³/mol. The Labute approximate surface area is 212 Å². The van der Waals surface area contributed by atoms with Crippen LogP contribution in [0, 0.1) is 5.82 Å². The molecule has 0 radical (unpaired) electrons. The lowest BCUT2D eigenvalue weighted by molar-refractivity contribution is -0.159. The highest BCUT2D eigenvalue weighted by Gasteiger charge is 2.48. The van der Waals surface area contributed by atoms with Gasteiger partial charge in [0, 0.05) is 29.6 Å². The first-order chi connectivity index (χ1) is 18.1. The van der Waals surface area contributed by atoms with Crippen LogP contribution in [0.5, 0.6) is 11.5 Å². The van der Waals surface area contributed by atoms with E-state index in [9.17, 15) is 14.0 Å². The van der Waals surface area contributed by atoms with Gasteiger partial charge in [-0.05, 0) is 47.0 Å². The number of benzene rings is 3. The van der Waals surface area contributed by atoms with Crippen LogP contribution in [0.3, 0.4) is 0 Å². The maximum atomic E-state index is 13.9. The van der Waals surface area contributed by atoms with Crippen LogP contribution in [0.15, 0.2) is 66.7 Å². The van der Waals surface area contributed by atoms with Crippen LogP contribution in [0.4, 0.5) is 4.39 Å². The molecule has 0 aliphatic carbocycles. The Balaban J connectivity index is 1.33. The lowest BCUT2D eigenvalue weighted by atomic mass is 9.86. The summed E-state index contributed by atoms with van der Waals surface area (Å²) in [6.45, 7) is 1.17. The molecule has 2 amide bonds. The van der Waals surface area contributed by atoms with Gasteiger partial charge in [0.05, 0.1) is 6.04 Å². The number of H-pyrrole nitrogens is 1. The van der Waals surface area contributed by atoms with Crippen LogP contribution < -0.4 is 9.47 Å². The summed E-state index contributed by atoms with van der Waals surface area (Å²) < 4.78 is 25.0. The largest absolute Gasteiger partial charge is 0.486 e. The average molecular weight is 498 g/mol. The van der Waals surface area contributed by atoms with Crippen molar-refractivity contribution < 1.29 is 23.5 Å². The molecule has 186 valence electrons. The van der Waals surface area contributed by atoms with Gasteiger partial charge in [-0.15, -0.1) is 0 Å². The molecule has 0 unspecified atom stereocenters. The monoisotopic (exact) mass is 497 g/mol. The van der Waals surface area contributed by atoms with Crippen molar-refractivity contribution in [2.45, 2.75) is 25.0 Å². The fourth-order valence-corrected chi connectivity index (χ4v) is 5.84. The van der Waals surface area contributed by atoms with Gasteiger partial charge in [0.1, 0.15) is 31.6 Å². The minimum absolute atomic E-state index is 0.0384. The van der Waals surface area contributed by atoms with Crippen molar-refractivity contribution in [3.63, 3.8) is 0 Å². The Morgan fingerprint density at radius 3 is 2.57 bits per heavy atom. The van der Waals surface area contributed by atoms with E-state index in [4.69, 9.17) is 9.47 Å². The molecule has 0 spiro atoms. The summed E-state index contributed by atoms with van der Waals surface area (Å²) in [6.07, 6.45) is 0.422. The molecular formula is C29H24FN3O4. The average Bonchev–Trinajstić information content (AvgIpc) is 3.30. The second-order valence-electron chi connectivity index (χ2n) is 9.71. The molecule has 3 aliphatic heterocycles. The Morgan fingerprint density at radius 1 is 0.946 bits per heavy atom. The van der Waals surface area contributed by atoms with Crippen molar-refractivity contribution in [1.29, 1.82) is 0 Å². The van der Waals surface area contributed by atoms with Crippen LogP contribution in [-0.2, 0) is 22.6 Å². The zero-order chi connectivity index (χ0) is 25.1. The molecule has 7 nitrogen and oxygen atoms in total. The number of hydrogen-bond acceptors (Lipinski definition) is 4. The van der Waals surface area contributed by atoms with Crippen LogP contribution >= 0.6 is 0 Å². The zero-order valence-corrected chi connectivity index (χ0v) is 19.9. The molecule has 1 N–H and O–H groups in total. The third-order valence-corrected chi connectivity index (χ3v) is 7.51. The molecule has 2 atom stereocenters. The van der Waals surface area contributed by atoms with Crippen molar-refractivity contribution in [3.8, 4) is 11.5 Å². The zero-order valence-electron chi connectivity index (χ0n) is 19.9. The Kier molecular flexibility index (Phi) is 4.96. The number of aromatic amines is 1. The second-order valence-corrected chi connectivity index (χ2v) is 9.71. The Morgan fingerprint density at radius 2 is 1.73 bits per heavy atom. The molecule has 8 heteroatoms. The first kappa shape index (κ1) is 21.9. The van der Waals surface area contributed by atoms with Gasteiger partial charge in [0.15, 0.2) is 11.5 Å². The van der Waals surface area contributed by atoms with E-state index >= 15 is 0 Å². The minimum Gasteiger partial charge on any atom is -0.486 e. The predicted octanol–water partition coefficient (Wildman–Crippen LogP) is 3.96. The fraction of sp³-hybridized carbons (Fsp3) is 0.241. The SMILES string of the molecule is O=C1[C@H]2Cc3c([nH]c4ccccc34)[C@H](c3ccc4c(c3)OCCO4)N2C(=O)CN1Cc1ccc(F)cc1. The standard InChI is InChI=1S/C29H24FN3O4/c30-19-8-5-17(6-9-19)15-32-16-26(34)33-23(29(32)35)14-21-20-3-1-2-4-22(20)31-27(21)28(33)18-7-10-24-25(13-18)37-12-11-36-24/h1-10,13,23,28,31H,11-12,14-16H2/t23-,28+/m1/s1. The van der Waals surface area contributed by atoms with E-state index in [0.29, 0.717) is 31.1 Å². The summed E-state index contributed by atoms with van der Waals surface area (Å²) in [6, 6.07) is 18.7. The molecule has 1 saturated heterocycles. The summed E-state index contributed by atoms with van der Waals surface area (Å²) in [7, 11) is 0. The highest BCUT2D eigenvalue weighted by molar-refractivity contribution is 5.97. The molecule has 1 fully saturated rings. The smallest absolute Gasteiger partial charge is 0.246 e. The first-order valence-corrected chi connectivity index (χ1v) is 12.4. The van der Waals surface area contributed by atoms with Crippen molar-refractivity contribution >= 4 is 22.7 Å². The third-order valence-electron chi connectivity index (χ3n) is 7.51. The van der Waals surface area contributed by atoms with Crippen molar-refractivity contribution in [3.05, 3.63) is 94.9 Å². The molecular weight excluding hydrogens is 473 g/mol. The van der Waals surface area contributed by atoms with Gasteiger partial charge < -0.3 is 24.3 Å². The number of fused-ring (bicyclic) bond motifs is 5. The van der Waals surface area contributed by atoms with Gasteiger partial charge >= 0.3 is 0 Å². The summed E-state index contributed by atoms with van der Waals surface area (Å²) in [4.78, 5) is 34.4. The Hall–Kier alpha value is -4.33. The quantitative estimate of drug-likeness (QED) is 0.465. The van der Waals surface area contributed by atoms with E-state index in [-0.39, 0.29) is 30.7 Å². The topological polar surface area (TPSA) is 74.9 Å².